The van der Waals surface area contributed by atoms with Crippen LogP contribution in [0.15, 0.2) is 42.5 Å². The maximum Gasteiger partial charge on any atom is 0.00836 e. The van der Waals surface area contributed by atoms with E-state index in [0.717, 1.165) is 16.3 Å². The highest BCUT2D eigenvalue weighted by molar-refractivity contribution is 6.09. The third-order valence-electron chi connectivity index (χ3n) is 2.07. The third kappa shape index (κ3) is 1.16. The number of rotatable bonds is 2. The molecule has 2 rings (SSSR count). The van der Waals surface area contributed by atoms with Crippen molar-refractivity contribution in [2.75, 3.05) is 0 Å². The maximum atomic E-state index is 7.42. The van der Waals surface area contributed by atoms with Crippen molar-refractivity contribution >= 4 is 20.8 Å². The van der Waals surface area contributed by atoms with Gasteiger partial charge >= 0.3 is 0 Å². The lowest BCUT2D eigenvalue weighted by atomic mass is 10.1. The van der Waals surface area contributed by atoms with E-state index in [1.807, 2.05) is 42.5 Å². The zero-order chi connectivity index (χ0) is 10.9. The first kappa shape index (κ1) is 4.82. The highest BCUT2D eigenvalue weighted by atomic mass is 28.1. The Balaban J connectivity index is 2.52. The van der Waals surface area contributed by atoms with Crippen molar-refractivity contribution in [3.63, 3.8) is 0 Å². The Labute approximate surface area is 79.3 Å². The van der Waals surface area contributed by atoms with Crippen LogP contribution in [0.25, 0.3) is 10.8 Å². The molecule has 0 aliphatic carbocycles. The fraction of sp³-hybridized carbons (Fsp3) is 0.0909. The van der Waals surface area contributed by atoms with E-state index in [4.69, 9.17) is 3.70 Å². The van der Waals surface area contributed by atoms with Crippen LogP contribution >= 0.6 is 0 Å². The van der Waals surface area contributed by atoms with E-state index >= 15 is 0 Å². The Morgan fingerprint density at radius 1 is 1.08 bits per heavy atom. The van der Waals surface area contributed by atoms with E-state index in [1.54, 1.807) is 0 Å². The highest BCUT2D eigenvalue weighted by Gasteiger charge is 1.95. The van der Waals surface area contributed by atoms with Gasteiger partial charge in [0.2, 0.25) is 0 Å². The van der Waals surface area contributed by atoms with E-state index in [9.17, 15) is 0 Å². The van der Waals surface area contributed by atoms with Gasteiger partial charge in [-0.05, 0) is 22.4 Å². The van der Waals surface area contributed by atoms with E-state index in [2.05, 4.69) is 0 Å². The van der Waals surface area contributed by atoms with Gasteiger partial charge in [0, 0.05) is 13.7 Å². The van der Waals surface area contributed by atoms with Crippen molar-refractivity contribution in [1.29, 1.82) is 3.70 Å². The Bertz CT molecular complexity index is 471. The molecule has 0 unspecified atom stereocenters. The molecule has 0 heterocycles. The summed E-state index contributed by atoms with van der Waals surface area (Å²) in [5, 5.41) is 2.19. The fourth-order valence-electron chi connectivity index (χ4n) is 1.45. The number of benzene rings is 2. The molecule has 0 N–H and O–H groups in total. The second kappa shape index (κ2) is 3.11. The van der Waals surface area contributed by atoms with Crippen LogP contribution in [0.5, 0.6) is 0 Å². The summed E-state index contributed by atoms with van der Waals surface area (Å²) in [6.45, 7) is 0. The summed E-state index contributed by atoms with van der Waals surface area (Å²) in [6.07, 6.45) is 0. The lowest BCUT2D eigenvalue weighted by Gasteiger charge is -2.02. The molecular formula is C11H12Si. The lowest BCUT2D eigenvalue weighted by Crippen LogP contribution is -1.84. The minimum absolute atomic E-state index is 0.272. The van der Waals surface area contributed by atoms with Gasteiger partial charge in [0.25, 0.3) is 0 Å². The molecule has 0 saturated heterocycles. The van der Waals surface area contributed by atoms with Crippen molar-refractivity contribution in [2.45, 2.75) is 6.04 Å². The molecule has 0 aliphatic rings. The molecule has 0 atom stereocenters. The smallest absolute Gasteiger partial charge is 0.00836 e. The first-order valence-corrected chi connectivity index (χ1v) is 4.74. The van der Waals surface area contributed by atoms with E-state index in [-0.39, 0.29) is 6.04 Å². The zero-order valence-corrected chi connectivity index (χ0v) is 7.75. The molecule has 0 saturated carbocycles. The van der Waals surface area contributed by atoms with E-state index < -0.39 is 10.0 Å². The molecule has 0 spiro atoms. The van der Waals surface area contributed by atoms with Crippen LogP contribution in [0, 0.1) is 0 Å². The van der Waals surface area contributed by atoms with Gasteiger partial charge < -0.3 is 0 Å². The summed E-state index contributed by atoms with van der Waals surface area (Å²) in [5.74, 6) is 0. The van der Waals surface area contributed by atoms with E-state index in [0.29, 0.717) is 0 Å². The summed E-state index contributed by atoms with van der Waals surface area (Å²) in [5.41, 5.74) is 0.958. The van der Waals surface area contributed by atoms with Crippen molar-refractivity contribution in [1.82, 2.24) is 0 Å². The Morgan fingerprint density at radius 2 is 1.92 bits per heavy atom. The second-order valence-electron chi connectivity index (χ2n) is 2.82. The van der Waals surface area contributed by atoms with Gasteiger partial charge in [-0.2, -0.15) is 0 Å². The van der Waals surface area contributed by atoms with E-state index in [1.165, 1.54) is 0 Å². The van der Waals surface area contributed by atoms with Crippen LogP contribution in [-0.4, -0.2) is 13.7 Å². The van der Waals surface area contributed by atoms with Crippen LogP contribution in [0.1, 0.15) is 5.56 Å². The second-order valence-corrected chi connectivity index (χ2v) is 3.17. The number of hydrogen-bond donors (Lipinski definition) is 0. The molecule has 0 bridgehead atoms. The van der Waals surface area contributed by atoms with Crippen LogP contribution < -0.4 is 0 Å². The molecular weight excluding hydrogens is 160 g/mol. The highest BCUT2D eigenvalue weighted by Crippen LogP contribution is 2.17. The van der Waals surface area contributed by atoms with Gasteiger partial charge in [-0.25, -0.2) is 0 Å². The molecule has 60 valence electrons. The summed E-state index contributed by atoms with van der Waals surface area (Å²) < 4.78 is 22.3. The molecule has 0 aliphatic heterocycles. The van der Waals surface area contributed by atoms with Crippen LogP contribution in [0.2, 0.25) is 0 Å². The molecule has 1 heteroatoms. The monoisotopic (exact) mass is 178 g/mol. The Kier molecular flexibility index (Phi) is 1.25. The largest absolute Gasteiger partial charge is 0.0616 e. The van der Waals surface area contributed by atoms with Gasteiger partial charge in [-0.3, -0.25) is 0 Å². The number of fused-ring (bicyclic) bond motifs is 1. The van der Waals surface area contributed by atoms with Crippen molar-refractivity contribution in [3.05, 3.63) is 48.0 Å². The van der Waals surface area contributed by atoms with Gasteiger partial charge in [-0.15, -0.1) is 0 Å². The van der Waals surface area contributed by atoms with Crippen molar-refractivity contribution in [3.8, 4) is 0 Å². The summed E-state index contributed by atoms with van der Waals surface area (Å²) in [4.78, 5) is 0. The van der Waals surface area contributed by atoms with Gasteiger partial charge in [-0.1, -0.05) is 42.5 Å². The first-order valence-electron chi connectivity index (χ1n) is 5.53. The molecule has 0 amide bonds. The molecule has 0 radical (unpaired) electrons. The van der Waals surface area contributed by atoms with Gasteiger partial charge in [0.1, 0.15) is 0 Å². The minimum atomic E-state index is -3.27. The van der Waals surface area contributed by atoms with Crippen LogP contribution in [0.4, 0.5) is 0 Å². The van der Waals surface area contributed by atoms with Crippen molar-refractivity contribution < 1.29 is 0 Å². The molecule has 0 fully saturated rings. The third-order valence-corrected chi connectivity index (χ3v) is 2.45. The Hall–Kier alpha value is -1.08. The standard InChI is InChI=1S/C11H12Si/c12-8-10-6-3-5-9-4-1-2-7-11(9)10/h1-7H,8H2,12H3/i12T3. The van der Waals surface area contributed by atoms with Crippen LogP contribution in [0.3, 0.4) is 0 Å². The predicted octanol–water partition coefficient (Wildman–Crippen LogP) is 1.71. The van der Waals surface area contributed by atoms with Crippen molar-refractivity contribution in [2.24, 2.45) is 0 Å². The molecule has 0 aromatic heterocycles. The summed E-state index contributed by atoms with van der Waals surface area (Å²) in [7, 11) is -3.27. The zero-order valence-electron chi connectivity index (χ0n) is 9.75. The SMILES string of the molecule is [3H][Si]([3H])([3H])Cc1cccc2ccccc12. The van der Waals surface area contributed by atoms with Crippen LogP contribution in [-0.2, 0) is 6.04 Å². The average molecular weight is 178 g/mol. The predicted molar refractivity (Wildman–Crippen MR) is 57.6 cm³/mol. The van der Waals surface area contributed by atoms with Gasteiger partial charge in [0.15, 0.2) is 0 Å². The fourth-order valence-corrected chi connectivity index (χ4v) is 1.75. The van der Waals surface area contributed by atoms with Gasteiger partial charge in [0.05, 0.1) is 0 Å². The average Bonchev–Trinajstić information content (AvgIpc) is 2.16. The quantitative estimate of drug-likeness (QED) is 0.614. The number of hydrogen-bond acceptors (Lipinski definition) is 0. The lowest BCUT2D eigenvalue weighted by molar-refractivity contribution is 1.45. The molecule has 12 heavy (non-hydrogen) atoms. The minimum Gasteiger partial charge on any atom is -0.0616 e. The topological polar surface area (TPSA) is 0 Å². The molecule has 2 aromatic rings. The Morgan fingerprint density at radius 3 is 2.83 bits per heavy atom. The summed E-state index contributed by atoms with van der Waals surface area (Å²) in [6, 6.07) is 14.1. The maximum absolute atomic E-state index is 7.42. The normalized spacial score (nSPS) is 15.2. The molecule has 0 nitrogen and oxygen atoms in total. The first-order chi connectivity index (χ1) is 7.06. The molecule has 2 aromatic carbocycles. The summed E-state index contributed by atoms with van der Waals surface area (Å²) >= 11 is 0.